The van der Waals surface area contributed by atoms with E-state index >= 15 is 0 Å². The summed E-state index contributed by atoms with van der Waals surface area (Å²) >= 11 is 0. The topological polar surface area (TPSA) is 41.9 Å². The Kier molecular flexibility index (Phi) is 7.06. The minimum atomic E-state index is -0.971. The number of rotatable bonds is 9. The second kappa shape index (κ2) is 9.92. The summed E-state index contributed by atoms with van der Waals surface area (Å²) in [4.78, 5) is 2.19. The fourth-order valence-electron chi connectivity index (χ4n) is 2.88. The molecule has 0 aliphatic carbocycles. The molecule has 0 aliphatic rings. The fourth-order valence-corrected chi connectivity index (χ4v) is 2.88. The average Bonchev–Trinajstić information content (AvgIpc) is 2.75. The zero-order valence-corrected chi connectivity index (χ0v) is 16.9. The number of anilines is 3. The van der Waals surface area contributed by atoms with Crippen molar-refractivity contribution in [3.05, 3.63) is 97.1 Å². The predicted molar refractivity (Wildman–Crippen MR) is 118 cm³/mol. The summed E-state index contributed by atoms with van der Waals surface area (Å²) < 4.78 is 11.2. The van der Waals surface area contributed by atoms with Crippen molar-refractivity contribution in [3.63, 3.8) is 0 Å². The lowest BCUT2D eigenvalue weighted by Crippen LogP contribution is -2.25. The van der Waals surface area contributed by atoms with Crippen LogP contribution in [0.2, 0.25) is 0 Å². The molecule has 0 saturated heterocycles. The molecule has 0 aromatic heterocycles. The molecule has 3 aromatic rings. The van der Waals surface area contributed by atoms with Crippen LogP contribution in [0.5, 0.6) is 5.75 Å². The van der Waals surface area contributed by atoms with E-state index in [0.29, 0.717) is 12.2 Å². The summed E-state index contributed by atoms with van der Waals surface area (Å²) in [6.45, 7) is 7.60. The van der Waals surface area contributed by atoms with E-state index in [9.17, 15) is 5.11 Å². The molecular formula is C25H27NO3. The second-order valence-electron chi connectivity index (χ2n) is 6.96. The van der Waals surface area contributed by atoms with Crippen molar-refractivity contribution in [2.75, 3.05) is 11.5 Å². The quantitative estimate of drug-likeness (QED) is 0.369. The van der Waals surface area contributed by atoms with E-state index in [1.54, 1.807) is 6.92 Å². The highest BCUT2D eigenvalue weighted by molar-refractivity contribution is 5.76. The first-order chi connectivity index (χ1) is 14.0. The largest absolute Gasteiger partial charge is 0.491 e. The molecule has 4 nitrogen and oxygen atoms in total. The maximum absolute atomic E-state index is 9.73. The van der Waals surface area contributed by atoms with Gasteiger partial charge in [0.05, 0.1) is 6.10 Å². The van der Waals surface area contributed by atoms with Crippen molar-refractivity contribution in [1.29, 1.82) is 0 Å². The Morgan fingerprint density at radius 1 is 0.862 bits per heavy atom. The first-order valence-corrected chi connectivity index (χ1v) is 9.66. The third kappa shape index (κ3) is 5.70. The van der Waals surface area contributed by atoms with Gasteiger partial charge in [0.25, 0.3) is 0 Å². The van der Waals surface area contributed by atoms with E-state index in [1.807, 2.05) is 67.6 Å². The number of nitrogens with zero attached hydrogens (tertiary/aromatic N) is 1. The molecule has 0 fully saturated rings. The Morgan fingerprint density at radius 2 is 1.34 bits per heavy atom. The van der Waals surface area contributed by atoms with Gasteiger partial charge in [-0.3, -0.25) is 0 Å². The van der Waals surface area contributed by atoms with Crippen molar-refractivity contribution < 1.29 is 14.6 Å². The van der Waals surface area contributed by atoms with E-state index in [4.69, 9.17) is 9.47 Å². The van der Waals surface area contributed by atoms with Crippen LogP contribution in [0.1, 0.15) is 13.8 Å². The van der Waals surface area contributed by atoms with Gasteiger partial charge >= 0.3 is 0 Å². The van der Waals surface area contributed by atoms with Gasteiger partial charge in [-0.15, -0.1) is 0 Å². The van der Waals surface area contributed by atoms with E-state index < -0.39 is 6.29 Å². The van der Waals surface area contributed by atoms with Gasteiger partial charge in [0.1, 0.15) is 12.4 Å². The Labute approximate surface area is 172 Å². The third-order valence-corrected chi connectivity index (χ3v) is 4.39. The standard InChI is InChI=1S/C25H27NO3/c1-19(2)25(27)29-20(3)18-28-24-16-14-23(15-17-24)26(21-10-6-4-7-11-21)22-12-8-5-9-13-22/h4-17,20,25,27H,1,18H2,2-3H3. The van der Waals surface area contributed by atoms with Gasteiger partial charge in [-0.05, 0) is 68.0 Å². The van der Waals surface area contributed by atoms with E-state index in [0.717, 1.165) is 22.8 Å². The zero-order chi connectivity index (χ0) is 20.6. The SMILES string of the molecule is C=C(C)C(O)OC(C)COc1ccc(N(c2ccccc2)c2ccccc2)cc1. The van der Waals surface area contributed by atoms with Crippen LogP contribution in [-0.4, -0.2) is 24.1 Å². The highest BCUT2D eigenvalue weighted by atomic mass is 16.6. The number of ether oxygens (including phenoxy) is 2. The monoisotopic (exact) mass is 389 g/mol. The number of hydrogen-bond donors (Lipinski definition) is 1. The van der Waals surface area contributed by atoms with Gasteiger partial charge in [0.2, 0.25) is 0 Å². The highest BCUT2D eigenvalue weighted by Gasteiger charge is 2.13. The summed E-state index contributed by atoms with van der Waals surface area (Å²) in [5, 5.41) is 9.73. The number of hydrogen-bond acceptors (Lipinski definition) is 4. The summed E-state index contributed by atoms with van der Waals surface area (Å²) in [5.41, 5.74) is 3.78. The smallest absolute Gasteiger partial charge is 0.177 e. The van der Waals surface area contributed by atoms with Crippen molar-refractivity contribution in [2.24, 2.45) is 0 Å². The molecular weight excluding hydrogens is 362 g/mol. The molecule has 0 radical (unpaired) electrons. The number of aliphatic hydroxyl groups excluding tert-OH is 1. The summed E-state index contributed by atoms with van der Waals surface area (Å²) in [6, 6.07) is 28.4. The van der Waals surface area contributed by atoms with Crippen LogP contribution in [-0.2, 0) is 4.74 Å². The molecule has 3 rings (SSSR count). The number of benzene rings is 3. The molecule has 0 heterocycles. The summed E-state index contributed by atoms with van der Waals surface area (Å²) in [6.07, 6.45) is -1.23. The highest BCUT2D eigenvalue weighted by Crippen LogP contribution is 2.34. The molecule has 4 heteroatoms. The molecule has 150 valence electrons. The molecule has 0 amide bonds. The Hall–Kier alpha value is -3.08. The molecule has 1 N–H and O–H groups in total. The lowest BCUT2D eigenvalue weighted by Gasteiger charge is -2.25. The van der Waals surface area contributed by atoms with Crippen LogP contribution in [0.25, 0.3) is 0 Å². The minimum Gasteiger partial charge on any atom is -0.491 e. The maximum Gasteiger partial charge on any atom is 0.177 e. The molecule has 0 saturated carbocycles. The normalized spacial score (nSPS) is 12.8. The summed E-state index contributed by atoms with van der Waals surface area (Å²) in [5.74, 6) is 0.745. The lowest BCUT2D eigenvalue weighted by molar-refractivity contribution is -0.115. The predicted octanol–water partition coefficient (Wildman–Crippen LogP) is 5.83. The molecule has 29 heavy (non-hydrogen) atoms. The van der Waals surface area contributed by atoms with Crippen molar-refractivity contribution in [3.8, 4) is 5.75 Å². The fraction of sp³-hybridized carbons (Fsp3) is 0.200. The molecule has 0 bridgehead atoms. The van der Waals surface area contributed by atoms with Crippen LogP contribution < -0.4 is 9.64 Å². The average molecular weight is 389 g/mol. The number of aliphatic hydroxyl groups is 1. The van der Waals surface area contributed by atoms with Crippen LogP contribution in [0, 0.1) is 0 Å². The van der Waals surface area contributed by atoms with Gasteiger partial charge in [0, 0.05) is 17.1 Å². The Morgan fingerprint density at radius 3 is 1.83 bits per heavy atom. The zero-order valence-electron chi connectivity index (χ0n) is 16.9. The van der Waals surface area contributed by atoms with Gasteiger partial charge in [0.15, 0.2) is 6.29 Å². The van der Waals surface area contributed by atoms with Crippen molar-refractivity contribution >= 4 is 17.1 Å². The maximum atomic E-state index is 9.73. The van der Waals surface area contributed by atoms with E-state index in [1.165, 1.54) is 0 Å². The first-order valence-electron chi connectivity index (χ1n) is 9.66. The van der Waals surface area contributed by atoms with Gasteiger partial charge in [-0.1, -0.05) is 43.0 Å². The van der Waals surface area contributed by atoms with E-state index in [-0.39, 0.29) is 6.10 Å². The van der Waals surface area contributed by atoms with Crippen LogP contribution in [0.3, 0.4) is 0 Å². The molecule has 2 unspecified atom stereocenters. The lowest BCUT2D eigenvalue weighted by atomic mass is 10.2. The molecule has 2 atom stereocenters. The van der Waals surface area contributed by atoms with Gasteiger partial charge in [-0.2, -0.15) is 0 Å². The Balaban J connectivity index is 1.72. The van der Waals surface area contributed by atoms with Crippen LogP contribution >= 0.6 is 0 Å². The van der Waals surface area contributed by atoms with Crippen LogP contribution in [0.4, 0.5) is 17.1 Å². The van der Waals surface area contributed by atoms with E-state index in [2.05, 4.69) is 35.7 Å². The van der Waals surface area contributed by atoms with Crippen LogP contribution in [0.15, 0.2) is 97.1 Å². The molecule has 0 aliphatic heterocycles. The van der Waals surface area contributed by atoms with Gasteiger partial charge in [-0.25, -0.2) is 0 Å². The Bertz CT molecular complexity index is 855. The molecule has 0 spiro atoms. The molecule has 3 aromatic carbocycles. The minimum absolute atomic E-state index is 0.258. The third-order valence-electron chi connectivity index (χ3n) is 4.39. The number of para-hydroxylation sites is 2. The second-order valence-corrected chi connectivity index (χ2v) is 6.96. The van der Waals surface area contributed by atoms with Crippen molar-refractivity contribution in [2.45, 2.75) is 26.2 Å². The van der Waals surface area contributed by atoms with Crippen molar-refractivity contribution in [1.82, 2.24) is 0 Å². The first kappa shape index (κ1) is 20.6. The van der Waals surface area contributed by atoms with Gasteiger partial charge < -0.3 is 19.5 Å². The summed E-state index contributed by atoms with van der Waals surface area (Å²) in [7, 11) is 0.